The minimum absolute atomic E-state index is 0.159. The van der Waals surface area contributed by atoms with Gasteiger partial charge in [0, 0.05) is 0 Å². The van der Waals surface area contributed by atoms with E-state index >= 15 is 0 Å². The van der Waals surface area contributed by atoms with Crippen LogP contribution in [0.1, 0.15) is 13.3 Å². The van der Waals surface area contributed by atoms with Gasteiger partial charge in [-0.05, 0) is 18.9 Å². The van der Waals surface area contributed by atoms with Crippen LogP contribution in [-0.4, -0.2) is 18.8 Å². The van der Waals surface area contributed by atoms with Crippen molar-refractivity contribution in [2.45, 2.75) is 25.6 Å². The summed E-state index contributed by atoms with van der Waals surface area (Å²) in [5.41, 5.74) is 0. The van der Waals surface area contributed by atoms with Crippen LogP contribution >= 0.6 is 0 Å². The average Bonchev–Trinajstić information content (AvgIpc) is 2.11. The maximum Gasteiger partial charge on any atom is 0.403 e. The molecule has 0 aromatic heterocycles. The molecule has 0 radical (unpaired) electrons. The smallest absolute Gasteiger partial charge is 0.306 e. The van der Waals surface area contributed by atoms with Gasteiger partial charge in [-0.3, -0.25) is 0 Å². The second kappa shape index (κ2) is 2.42. The van der Waals surface area contributed by atoms with Gasteiger partial charge in [0.15, 0.2) is 0 Å². The summed E-state index contributed by atoms with van der Waals surface area (Å²) in [7, 11) is 0. The van der Waals surface area contributed by atoms with Crippen molar-refractivity contribution in [1.82, 2.24) is 5.32 Å². The van der Waals surface area contributed by atoms with Crippen LogP contribution in [0.5, 0.6) is 0 Å². The number of rotatable bonds is 0. The molecule has 0 bridgehead atoms. The van der Waals surface area contributed by atoms with Crippen molar-refractivity contribution < 1.29 is 13.2 Å². The summed E-state index contributed by atoms with van der Waals surface area (Å²) >= 11 is 0. The van der Waals surface area contributed by atoms with Crippen LogP contribution < -0.4 is 5.32 Å². The van der Waals surface area contributed by atoms with Gasteiger partial charge in [-0.2, -0.15) is 13.2 Å². The zero-order valence-electron chi connectivity index (χ0n) is 5.70. The molecule has 60 valence electrons. The first-order valence-electron chi connectivity index (χ1n) is 3.30. The van der Waals surface area contributed by atoms with E-state index in [0.717, 1.165) is 0 Å². The highest BCUT2D eigenvalue weighted by Crippen LogP contribution is 2.28. The second-order valence-electron chi connectivity index (χ2n) is 2.84. The molecule has 0 aliphatic carbocycles. The summed E-state index contributed by atoms with van der Waals surface area (Å²) in [6.07, 6.45) is -3.83. The number of alkyl halides is 3. The van der Waals surface area contributed by atoms with Crippen molar-refractivity contribution >= 4 is 0 Å². The normalized spacial score (nSPS) is 34.8. The van der Waals surface area contributed by atoms with Gasteiger partial charge in [-0.25, -0.2) is 0 Å². The van der Waals surface area contributed by atoms with E-state index in [9.17, 15) is 13.2 Å². The molecule has 1 nitrogen and oxygen atoms in total. The number of hydrogen-bond donors (Lipinski definition) is 1. The fourth-order valence-corrected chi connectivity index (χ4v) is 1.16. The van der Waals surface area contributed by atoms with Crippen molar-refractivity contribution in [2.75, 3.05) is 6.54 Å². The molecule has 0 saturated carbocycles. The Labute approximate surface area is 57.6 Å². The van der Waals surface area contributed by atoms with Crippen LogP contribution in [0.25, 0.3) is 0 Å². The van der Waals surface area contributed by atoms with Gasteiger partial charge in [0.25, 0.3) is 0 Å². The Bertz CT molecular complexity index is 121. The van der Waals surface area contributed by atoms with E-state index in [-0.39, 0.29) is 12.3 Å². The minimum atomic E-state index is -4.05. The fourth-order valence-electron chi connectivity index (χ4n) is 1.16. The standard InChI is InChI=1S/C6H10F3N/c1-4-2-5(10-3-4)6(7,8)9/h4-5,10H,2-3H2,1H3/t4-,5-/m0/s1. The summed E-state index contributed by atoms with van der Waals surface area (Å²) in [4.78, 5) is 0. The van der Waals surface area contributed by atoms with Gasteiger partial charge >= 0.3 is 6.18 Å². The topological polar surface area (TPSA) is 12.0 Å². The Balaban J connectivity index is 2.45. The molecule has 2 atom stereocenters. The highest BCUT2D eigenvalue weighted by molar-refractivity contribution is 4.84. The number of hydrogen-bond acceptors (Lipinski definition) is 1. The van der Waals surface area contributed by atoms with E-state index in [2.05, 4.69) is 5.32 Å². The lowest BCUT2D eigenvalue weighted by Crippen LogP contribution is -2.36. The highest BCUT2D eigenvalue weighted by atomic mass is 19.4. The first-order valence-corrected chi connectivity index (χ1v) is 3.30. The van der Waals surface area contributed by atoms with Crippen molar-refractivity contribution in [3.05, 3.63) is 0 Å². The third kappa shape index (κ3) is 1.62. The Morgan fingerprint density at radius 1 is 1.40 bits per heavy atom. The molecule has 4 heteroatoms. The molecule has 1 aliphatic rings. The molecule has 0 aromatic carbocycles. The predicted octanol–water partition coefficient (Wildman–Crippen LogP) is 1.55. The summed E-state index contributed by atoms with van der Waals surface area (Å²) < 4.78 is 35.6. The fraction of sp³-hybridized carbons (Fsp3) is 1.00. The van der Waals surface area contributed by atoms with Crippen LogP contribution in [0.2, 0.25) is 0 Å². The van der Waals surface area contributed by atoms with E-state index in [4.69, 9.17) is 0 Å². The van der Waals surface area contributed by atoms with Crippen LogP contribution in [0, 0.1) is 5.92 Å². The predicted molar refractivity (Wildman–Crippen MR) is 31.6 cm³/mol. The van der Waals surface area contributed by atoms with Crippen LogP contribution in [0.15, 0.2) is 0 Å². The number of halogens is 3. The van der Waals surface area contributed by atoms with E-state index in [1.54, 1.807) is 0 Å². The van der Waals surface area contributed by atoms with Gasteiger partial charge in [0.2, 0.25) is 0 Å². The lowest BCUT2D eigenvalue weighted by atomic mass is 10.1. The molecule has 1 fully saturated rings. The third-order valence-electron chi connectivity index (χ3n) is 1.75. The summed E-state index contributed by atoms with van der Waals surface area (Å²) in [6.45, 7) is 2.31. The molecule has 0 unspecified atom stereocenters. The number of nitrogens with one attached hydrogen (secondary N) is 1. The third-order valence-corrected chi connectivity index (χ3v) is 1.75. The van der Waals surface area contributed by atoms with E-state index in [1.165, 1.54) is 0 Å². The van der Waals surface area contributed by atoms with Crippen molar-refractivity contribution in [2.24, 2.45) is 5.92 Å². The molecule has 0 spiro atoms. The lowest BCUT2D eigenvalue weighted by Gasteiger charge is -2.13. The maximum atomic E-state index is 11.9. The molecule has 10 heavy (non-hydrogen) atoms. The first kappa shape index (κ1) is 7.85. The SMILES string of the molecule is C[C@@H]1CN[C@H](C(F)(F)F)C1. The van der Waals surface area contributed by atoms with Crippen LogP contribution in [-0.2, 0) is 0 Å². The zero-order chi connectivity index (χ0) is 7.78. The minimum Gasteiger partial charge on any atom is -0.306 e. The molecule has 1 heterocycles. The van der Waals surface area contributed by atoms with Crippen molar-refractivity contribution in [1.29, 1.82) is 0 Å². The van der Waals surface area contributed by atoms with E-state index in [1.807, 2.05) is 6.92 Å². The van der Waals surface area contributed by atoms with Crippen molar-refractivity contribution in [3.8, 4) is 0 Å². The molecular formula is C6H10F3N. The van der Waals surface area contributed by atoms with Gasteiger partial charge in [-0.1, -0.05) is 6.92 Å². The first-order chi connectivity index (χ1) is 4.50. The Morgan fingerprint density at radius 3 is 2.20 bits per heavy atom. The Kier molecular flexibility index (Phi) is 1.90. The van der Waals surface area contributed by atoms with E-state index in [0.29, 0.717) is 6.54 Å². The second-order valence-corrected chi connectivity index (χ2v) is 2.84. The largest absolute Gasteiger partial charge is 0.403 e. The van der Waals surface area contributed by atoms with Gasteiger partial charge in [-0.15, -0.1) is 0 Å². The zero-order valence-corrected chi connectivity index (χ0v) is 5.70. The molecule has 0 aromatic rings. The van der Waals surface area contributed by atoms with E-state index < -0.39 is 12.2 Å². The molecule has 1 rings (SSSR count). The van der Waals surface area contributed by atoms with Gasteiger partial charge < -0.3 is 5.32 Å². The van der Waals surface area contributed by atoms with Crippen LogP contribution in [0.3, 0.4) is 0 Å². The molecule has 0 amide bonds. The molecule has 1 saturated heterocycles. The van der Waals surface area contributed by atoms with Crippen LogP contribution in [0.4, 0.5) is 13.2 Å². The summed E-state index contributed by atoms with van der Waals surface area (Å²) in [5.74, 6) is 0.159. The molecule has 1 N–H and O–H groups in total. The van der Waals surface area contributed by atoms with Gasteiger partial charge in [0.05, 0.1) is 0 Å². The highest BCUT2D eigenvalue weighted by Gasteiger charge is 2.42. The lowest BCUT2D eigenvalue weighted by molar-refractivity contribution is -0.152. The Hall–Kier alpha value is -0.250. The van der Waals surface area contributed by atoms with Crippen molar-refractivity contribution in [3.63, 3.8) is 0 Å². The molecule has 1 aliphatic heterocycles. The summed E-state index contributed by atoms with van der Waals surface area (Å²) in [5, 5.41) is 2.42. The molecular weight excluding hydrogens is 143 g/mol. The van der Waals surface area contributed by atoms with Gasteiger partial charge in [0.1, 0.15) is 6.04 Å². The maximum absolute atomic E-state index is 11.9. The monoisotopic (exact) mass is 153 g/mol. The summed E-state index contributed by atoms with van der Waals surface area (Å²) in [6, 6.07) is -1.26. The quantitative estimate of drug-likeness (QED) is 0.556. The Morgan fingerprint density at radius 2 is 2.00 bits per heavy atom. The average molecular weight is 153 g/mol.